The predicted molar refractivity (Wildman–Crippen MR) is 93.0 cm³/mol. The molecule has 1 N–H and O–H groups in total. The van der Waals surface area contributed by atoms with Crippen LogP contribution in [0.1, 0.15) is 67.2 Å². The Bertz CT molecular complexity index is 267. The molecule has 0 bridgehead atoms. The summed E-state index contributed by atoms with van der Waals surface area (Å²) in [5.41, 5.74) is 0. The van der Waals surface area contributed by atoms with Crippen molar-refractivity contribution in [1.29, 1.82) is 0 Å². The highest BCUT2D eigenvalue weighted by atomic mass is 15.0. The summed E-state index contributed by atoms with van der Waals surface area (Å²) in [6.07, 6.45) is 11.3. The van der Waals surface area contributed by atoms with Gasteiger partial charge < -0.3 is 5.32 Å². The second kappa shape index (κ2) is 11.1. The zero-order chi connectivity index (χ0) is 15.5. The van der Waals surface area contributed by atoms with Crippen molar-refractivity contribution in [1.82, 2.24) is 5.32 Å². The topological polar surface area (TPSA) is 12.0 Å². The van der Waals surface area contributed by atoms with E-state index in [1.165, 1.54) is 25.7 Å². The molecule has 0 amide bonds. The van der Waals surface area contributed by atoms with Gasteiger partial charge in [0, 0.05) is 12.1 Å². The van der Waals surface area contributed by atoms with E-state index >= 15 is 0 Å². The van der Waals surface area contributed by atoms with Gasteiger partial charge in [0.05, 0.1) is 0 Å². The van der Waals surface area contributed by atoms with Crippen molar-refractivity contribution in [2.75, 3.05) is 0 Å². The normalized spacial score (nSPS) is 18.1. The maximum atomic E-state index is 3.81. The minimum absolute atomic E-state index is 0.608. The summed E-state index contributed by atoms with van der Waals surface area (Å²) in [6.45, 7) is 17.6. The van der Waals surface area contributed by atoms with Gasteiger partial charge in [0.1, 0.15) is 0 Å². The third-order valence-electron chi connectivity index (χ3n) is 4.50. The zero-order valence-electron chi connectivity index (χ0n) is 14.7. The van der Waals surface area contributed by atoms with Crippen molar-refractivity contribution in [3.05, 3.63) is 24.8 Å². The Morgan fingerprint density at radius 3 is 2.20 bits per heavy atom. The summed E-state index contributed by atoms with van der Waals surface area (Å²) in [7, 11) is 0. The number of allylic oxidation sites excluding steroid dienone is 3. The lowest BCUT2D eigenvalue weighted by Crippen LogP contribution is -2.42. The zero-order valence-corrected chi connectivity index (χ0v) is 14.7. The van der Waals surface area contributed by atoms with E-state index in [4.69, 9.17) is 0 Å². The number of nitrogens with one attached hydrogen (secondary N) is 1. The number of hydrogen-bond acceptors (Lipinski definition) is 1. The first kappa shape index (κ1) is 19.4. The van der Waals surface area contributed by atoms with E-state index in [-0.39, 0.29) is 0 Å². The second-order valence-electron chi connectivity index (χ2n) is 6.72. The van der Waals surface area contributed by atoms with Crippen LogP contribution in [0.25, 0.3) is 0 Å². The van der Waals surface area contributed by atoms with E-state index in [9.17, 15) is 0 Å². The summed E-state index contributed by atoms with van der Waals surface area (Å²) >= 11 is 0. The molecular formula is C19H37N. The summed E-state index contributed by atoms with van der Waals surface area (Å²) in [5, 5.41) is 3.81. The van der Waals surface area contributed by atoms with Gasteiger partial charge in [0.15, 0.2) is 0 Å². The second-order valence-corrected chi connectivity index (χ2v) is 6.72. The van der Waals surface area contributed by atoms with Gasteiger partial charge in [-0.25, -0.2) is 0 Å². The van der Waals surface area contributed by atoms with E-state index in [0.717, 1.165) is 5.92 Å². The van der Waals surface area contributed by atoms with Gasteiger partial charge in [-0.2, -0.15) is 0 Å². The smallest absolute Gasteiger partial charge is 0.00926 e. The summed E-state index contributed by atoms with van der Waals surface area (Å²) < 4.78 is 0. The molecule has 0 aromatic rings. The Morgan fingerprint density at radius 1 is 1.05 bits per heavy atom. The molecule has 0 saturated heterocycles. The Hall–Kier alpha value is -0.560. The molecular weight excluding hydrogens is 242 g/mol. The first-order valence-corrected chi connectivity index (χ1v) is 8.47. The minimum atomic E-state index is 0.608. The van der Waals surface area contributed by atoms with Crippen molar-refractivity contribution in [3.63, 3.8) is 0 Å². The van der Waals surface area contributed by atoms with Gasteiger partial charge in [-0.3, -0.25) is 0 Å². The largest absolute Gasteiger partial charge is 0.311 e. The predicted octanol–water partition coefficient (Wildman–Crippen LogP) is 5.58. The summed E-state index contributed by atoms with van der Waals surface area (Å²) in [5.74, 6) is 2.14. The highest BCUT2D eigenvalue weighted by Gasteiger charge is 2.18. The fraction of sp³-hybridized carbons (Fsp3) is 0.789. The average molecular weight is 280 g/mol. The lowest BCUT2D eigenvalue weighted by molar-refractivity contribution is 0.283. The maximum Gasteiger partial charge on any atom is 0.00926 e. The lowest BCUT2D eigenvalue weighted by Gasteiger charge is -2.29. The van der Waals surface area contributed by atoms with E-state index in [0.29, 0.717) is 23.9 Å². The van der Waals surface area contributed by atoms with Crippen molar-refractivity contribution >= 4 is 0 Å². The minimum Gasteiger partial charge on any atom is -0.311 e. The molecule has 20 heavy (non-hydrogen) atoms. The van der Waals surface area contributed by atoms with Crippen LogP contribution in [0.4, 0.5) is 0 Å². The Labute approximate surface area is 127 Å². The first-order chi connectivity index (χ1) is 9.42. The van der Waals surface area contributed by atoms with Crippen LogP contribution in [-0.4, -0.2) is 12.1 Å². The lowest BCUT2D eigenvalue weighted by atomic mass is 9.90. The van der Waals surface area contributed by atoms with Crippen LogP contribution in [-0.2, 0) is 0 Å². The monoisotopic (exact) mass is 279 g/mol. The van der Waals surface area contributed by atoms with E-state index in [2.05, 4.69) is 65.6 Å². The van der Waals surface area contributed by atoms with Gasteiger partial charge in [-0.1, -0.05) is 65.8 Å². The average Bonchev–Trinajstić information content (AvgIpc) is 2.41. The van der Waals surface area contributed by atoms with Crippen LogP contribution in [0.5, 0.6) is 0 Å². The molecule has 4 atom stereocenters. The van der Waals surface area contributed by atoms with Gasteiger partial charge in [0.2, 0.25) is 0 Å². The molecule has 1 heteroatoms. The molecule has 0 aliphatic carbocycles. The molecule has 0 aromatic carbocycles. The molecule has 1 nitrogen and oxygen atoms in total. The molecule has 0 aliphatic heterocycles. The number of rotatable bonds is 11. The molecule has 118 valence electrons. The molecule has 0 aromatic heterocycles. The van der Waals surface area contributed by atoms with Crippen LogP contribution in [0.2, 0.25) is 0 Å². The van der Waals surface area contributed by atoms with Crippen molar-refractivity contribution in [3.8, 4) is 0 Å². The van der Waals surface area contributed by atoms with Crippen LogP contribution in [0, 0.1) is 17.8 Å². The standard InChI is InChI=1S/C19H37N/c1-8-10-12-16(5)13-11-14-17(6)19(9-2)20-18(7)15(3)4/h8,10,12,15-20H,1,9,11,13-14H2,2-7H3/b12-10+. The van der Waals surface area contributed by atoms with Crippen molar-refractivity contribution < 1.29 is 0 Å². The van der Waals surface area contributed by atoms with Crippen LogP contribution in [0.15, 0.2) is 24.8 Å². The molecule has 0 spiro atoms. The summed E-state index contributed by atoms with van der Waals surface area (Å²) in [4.78, 5) is 0. The third kappa shape index (κ3) is 8.58. The van der Waals surface area contributed by atoms with Gasteiger partial charge in [-0.15, -0.1) is 0 Å². The quantitative estimate of drug-likeness (QED) is 0.487. The highest BCUT2D eigenvalue weighted by Crippen LogP contribution is 2.19. The third-order valence-corrected chi connectivity index (χ3v) is 4.50. The van der Waals surface area contributed by atoms with Gasteiger partial charge >= 0.3 is 0 Å². The fourth-order valence-corrected chi connectivity index (χ4v) is 2.54. The van der Waals surface area contributed by atoms with Crippen molar-refractivity contribution in [2.24, 2.45) is 17.8 Å². The van der Waals surface area contributed by atoms with Gasteiger partial charge in [-0.05, 0) is 43.9 Å². The fourth-order valence-electron chi connectivity index (χ4n) is 2.54. The molecule has 4 unspecified atom stereocenters. The highest BCUT2D eigenvalue weighted by molar-refractivity contribution is 4.99. The van der Waals surface area contributed by atoms with Crippen LogP contribution >= 0.6 is 0 Å². The Morgan fingerprint density at radius 2 is 1.70 bits per heavy atom. The first-order valence-electron chi connectivity index (χ1n) is 8.47. The molecule has 0 saturated carbocycles. The molecule has 0 rings (SSSR count). The van der Waals surface area contributed by atoms with Crippen LogP contribution in [0.3, 0.4) is 0 Å². The SMILES string of the molecule is C=C/C=C/C(C)CCCC(C)C(CC)NC(C)C(C)C. The van der Waals surface area contributed by atoms with Crippen molar-refractivity contribution in [2.45, 2.75) is 79.3 Å². The van der Waals surface area contributed by atoms with Crippen LogP contribution < -0.4 is 5.32 Å². The Balaban J connectivity index is 4.06. The number of hydrogen-bond donors (Lipinski definition) is 1. The molecule has 0 heterocycles. The van der Waals surface area contributed by atoms with E-state index in [1.807, 2.05) is 6.08 Å². The molecule has 0 radical (unpaired) electrons. The molecule has 0 fully saturated rings. The van der Waals surface area contributed by atoms with E-state index < -0.39 is 0 Å². The maximum absolute atomic E-state index is 3.81. The van der Waals surface area contributed by atoms with E-state index in [1.54, 1.807) is 0 Å². The summed E-state index contributed by atoms with van der Waals surface area (Å²) in [6, 6.07) is 1.27. The molecule has 0 aliphatic rings. The van der Waals surface area contributed by atoms with Gasteiger partial charge in [0.25, 0.3) is 0 Å². The Kier molecular flexibility index (Phi) is 10.8.